The van der Waals surface area contributed by atoms with Crippen molar-refractivity contribution in [3.8, 4) is 0 Å². The third kappa shape index (κ3) is 4.07. The van der Waals surface area contributed by atoms with Crippen LogP contribution in [0.2, 0.25) is 0 Å². The molecule has 2 rings (SSSR count). The van der Waals surface area contributed by atoms with E-state index in [4.69, 9.17) is 0 Å². The second-order valence-electron chi connectivity index (χ2n) is 6.44. The maximum Gasteiger partial charge on any atom is 0.0295 e. The minimum Gasteiger partial charge on any atom is -0.309 e. The maximum atomic E-state index is 3.72. The van der Waals surface area contributed by atoms with Crippen molar-refractivity contribution in [1.82, 2.24) is 10.2 Å². The Hall–Kier alpha value is -0.860. The Labute approximate surface area is 124 Å². The van der Waals surface area contributed by atoms with Crippen LogP contribution < -0.4 is 5.32 Å². The number of rotatable bonds is 5. The summed E-state index contributed by atoms with van der Waals surface area (Å²) in [6.45, 7) is 12.7. The summed E-state index contributed by atoms with van der Waals surface area (Å²) in [5.41, 5.74) is 4.18. The van der Waals surface area contributed by atoms with Crippen LogP contribution in [0.5, 0.6) is 0 Å². The van der Waals surface area contributed by atoms with E-state index in [-0.39, 0.29) is 0 Å². The van der Waals surface area contributed by atoms with Gasteiger partial charge in [-0.15, -0.1) is 0 Å². The zero-order chi connectivity index (χ0) is 14.5. The van der Waals surface area contributed by atoms with E-state index in [0.717, 1.165) is 6.54 Å². The SMILES string of the molecule is Cc1ccc(C)c(C(C)NCC(C)N2CCCCC2)c1. The zero-order valence-corrected chi connectivity index (χ0v) is 13.6. The molecule has 0 aliphatic carbocycles. The fourth-order valence-electron chi connectivity index (χ4n) is 3.17. The zero-order valence-electron chi connectivity index (χ0n) is 13.6. The van der Waals surface area contributed by atoms with Crippen molar-refractivity contribution in [3.63, 3.8) is 0 Å². The van der Waals surface area contributed by atoms with E-state index >= 15 is 0 Å². The lowest BCUT2D eigenvalue weighted by molar-refractivity contribution is 0.168. The van der Waals surface area contributed by atoms with Crippen LogP contribution in [0.4, 0.5) is 0 Å². The number of aryl methyl sites for hydroxylation is 2. The Bertz CT molecular complexity index is 421. The average Bonchev–Trinajstić information content (AvgIpc) is 2.47. The largest absolute Gasteiger partial charge is 0.309 e. The van der Waals surface area contributed by atoms with Crippen LogP contribution in [0.25, 0.3) is 0 Å². The monoisotopic (exact) mass is 274 g/mol. The second-order valence-corrected chi connectivity index (χ2v) is 6.44. The molecule has 1 fully saturated rings. The fourth-order valence-corrected chi connectivity index (χ4v) is 3.17. The van der Waals surface area contributed by atoms with Crippen molar-refractivity contribution in [2.45, 2.75) is 59.0 Å². The molecule has 1 aromatic carbocycles. The summed E-state index contributed by atoms with van der Waals surface area (Å²) in [7, 11) is 0. The molecular weight excluding hydrogens is 244 g/mol. The summed E-state index contributed by atoms with van der Waals surface area (Å²) in [5, 5.41) is 3.72. The van der Waals surface area contributed by atoms with E-state index in [1.54, 1.807) is 0 Å². The van der Waals surface area contributed by atoms with Gasteiger partial charge in [-0.1, -0.05) is 30.2 Å². The smallest absolute Gasteiger partial charge is 0.0295 e. The Morgan fingerprint density at radius 1 is 1.10 bits per heavy atom. The number of hydrogen-bond acceptors (Lipinski definition) is 2. The quantitative estimate of drug-likeness (QED) is 0.878. The van der Waals surface area contributed by atoms with E-state index in [1.807, 2.05) is 0 Å². The highest BCUT2D eigenvalue weighted by Gasteiger charge is 2.17. The Morgan fingerprint density at radius 2 is 1.80 bits per heavy atom. The molecule has 1 N–H and O–H groups in total. The van der Waals surface area contributed by atoms with E-state index in [9.17, 15) is 0 Å². The van der Waals surface area contributed by atoms with Crippen LogP contribution >= 0.6 is 0 Å². The summed E-state index contributed by atoms with van der Waals surface area (Å²) in [6.07, 6.45) is 4.16. The molecule has 2 unspecified atom stereocenters. The minimum absolute atomic E-state index is 0.433. The van der Waals surface area contributed by atoms with Gasteiger partial charge in [0.05, 0.1) is 0 Å². The fraction of sp³-hybridized carbons (Fsp3) is 0.667. The number of benzene rings is 1. The number of hydrogen-bond donors (Lipinski definition) is 1. The predicted molar refractivity (Wildman–Crippen MR) is 87.2 cm³/mol. The van der Waals surface area contributed by atoms with Gasteiger partial charge in [-0.05, 0) is 64.8 Å². The predicted octanol–water partition coefficient (Wildman–Crippen LogP) is 3.83. The van der Waals surface area contributed by atoms with Gasteiger partial charge in [0.15, 0.2) is 0 Å². The van der Waals surface area contributed by atoms with E-state index < -0.39 is 0 Å². The summed E-state index contributed by atoms with van der Waals surface area (Å²) in [5.74, 6) is 0. The molecule has 20 heavy (non-hydrogen) atoms. The topological polar surface area (TPSA) is 15.3 Å². The number of nitrogens with one attached hydrogen (secondary N) is 1. The van der Waals surface area contributed by atoms with Crippen molar-refractivity contribution >= 4 is 0 Å². The number of nitrogens with zero attached hydrogens (tertiary/aromatic N) is 1. The molecule has 1 aromatic rings. The van der Waals surface area contributed by atoms with Gasteiger partial charge in [0.1, 0.15) is 0 Å². The summed E-state index contributed by atoms with van der Waals surface area (Å²) in [6, 6.07) is 7.82. The molecule has 0 amide bonds. The molecule has 0 radical (unpaired) electrons. The third-order valence-electron chi connectivity index (χ3n) is 4.63. The molecule has 0 saturated carbocycles. The van der Waals surface area contributed by atoms with Gasteiger partial charge in [0.25, 0.3) is 0 Å². The van der Waals surface area contributed by atoms with E-state index in [0.29, 0.717) is 12.1 Å². The molecule has 1 saturated heterocycles. The first-order valence-corrected chi connectivity index (χ1v) is 8.12. The van der Waals surface area contributed by atoms with Gasteiger partial charge in [-0.3, -0.25) is 4.90 Å². The van der Waals surface area contributed by atoms with Gasteiger partial charge >= 0.3 is 0 Å². The first-order chi connectivity index (χ1) is 9.58. The lowest BCUT2D eigenvalue weighted by atomic mass is 10.00. The first-order valence-electron chi connectivity index (χ1n) is 8.12. The highest BCUT2D eigenvalue weighted by Crippen LogP contribution is 2.19. The standard InChI is InChI=1S/C18H30N2/c1-14-8-9-15(2)18(12-14)17(4)19-13-16(3)20-10-6-5-7-11-20/h8-9,12,16-17,19H,5-7,10-11,13H2,1-4H3. The van der Waals surface area contributed by atoms with E-state index in [1.165, 1.54) is 49.0 Å². The normalized spacial score (nSPS) is 19.8. The molecule has 0 aromatic heterocycles. The first kappa shape index (κ1) is 15.5. The van der Waals surface area contributed by atoms with Crippen LogP contribution in [-0.4, -0.2) is 30.6 Å². The van der Waals surface area contributed by atoms with Crippen molar-refractivity contribution in [2.75, 3.05) is 19.6 Å². The van der Waals surface area contributed by atoms with Crippen molar-refractivity contribution in [2.24, 2.45) is 0 Å². The lowest BCUT2D eigenvalue weighted by Gasteiger charge is -2.33. The van der Waals surface area contributed by atoms with Crippen LogP contribution in [-0.2, 0) is 0 Å². The molecular formula is C18H30N2. The van der Waals surface area contributed by atoms with Gasteiger partial charge in [-0.2, -0.15) is 0 Å². The molecule has 1 aliphatic rings. The van der Waals surface area contributed by atoms with Gasteiger partial charge < -0.3 is 5.32 Å². The van der Waals surface area contributed by atoms with Crippen molar-refractivity contribution in [3.05, 3.63) is 34.9 Å². The summed E-state index contributed by atoms with van der Waals surface area (Å²) in [4.78, 5) is 2.63. The van der Waals surface area contributed by atoms with Crippen molar-refractivity contribution < 1.29 is 0 Å². The van der Waals surface area contributed by atoms with Crippen LogP contribution in [0.15, 0.2) is 18.2 Å². The maximum absolute atomic E-state index is 3.72. The molecule has 2 atom stereocenters. The molecule has 0 spiro atoms. The van der Waals surface area contributed by atoms with Gasteiger partial charge in [-0.25, -0.2) is 0 Å². The highest BCUT2D eigenvalue weighted by atomic mass is 15.2. The Morgan fingerprint density at radius 3 is 2.50 bits per heavy atom. The molecule has 0 bridgehead atoms. The molecule has 112 valence electrons. The summed E-state index contributed by atoms with van der Waals surface area (Å²) >= 11 is 0. The highest BCUT2D eigenvalue weighted by molar-refractivity contribution is 5.32. The molecule has 2 nitrogen and oxygen atoms in total. The average molecular weight is 274 g/mol. The molecule has 2 heteroatoms. The van der Waals surface area contributed by atoms with Gasteiger partial charge in [0, 0.05) is 18.6 Å². The number of piperidine rings is 1. The Kier molecular flexibility index (Phi) is 5.62. The van der Waals surface area contributed by atoms with E-state index in [2.05, 4.69) is 56.1 Å². The Balaban J connectivity index is 1.87. The third-order valence-corrected chi connectivity index (χ3v) is 4.63. The summed E-state index contributed by atoms with van der Waals surface area (Å²) < 4.78 is 0. The van der Waals surface area contributed by atoms with Crippen LogP contribution in [0, 0.1) is 13.8 Å². The lowest BCUT2D eigenvalue weighted by Crippen LogP contribution is -2.43. The molecule has 1 aliphatic heterocycles. The molecule has 1 heterocycles. The van der Waals surface area contributed by atoms with Crippen molar-refractivity contribution in [1.29, 1.82) is 0 Å². The second kappa shape index (κ2) is 7.24. The van der Waals surface area contributed by atoms with Crippen LogP contribution in [0.1, 0.15) is 55.8 Å². The number of likely N-dealkylation sites (tertiary alicyclic amines) is 1. The minimum atomic E-state index is 0.433. The van der Waals surface area contributed by atoms with Crippen LogP contribution in [0.3, 0.4) is 0 Å². The van der Waals surface area contributed by atoms with Gasteiger partial charge in [0.2, 0.25) is 0 Å².